The third kappa shape index (κ3) is 2.06. The van der Waals surface area contributed by atoms with Crippen LogP contribution in [-0.4, -0.2) is 13.1 Å². The van der Waals surface area contributed by atoms with Crippen molar-refractivity contribution in [3.8, 4) is 0 Å². The molecule has 13 heavy (non-hydrogen) atoms. The first-order valence-electron chi connectivity index (χ1n) is 4.54. The summed E-state index contributed by atoms with van der Waals surface area (Å²) in [5.74, 6) is 0. The van der Waals surface area contributed by atoms with Gasteiger partial charge in [0.15, 0.2) is 0 Å². The lowest BCUT2D eigenvalue weighted by atomic mass is 9.92. The molecular weight excluding hydrogens is 202 g/mol. The largest absolute Gasteiger partial charge is 0.317 e. The molecule has 1 nitrogen and oxygen atoms in total. The van der Waals surface area contributed by atoms with E-state index >= 15 is 0 Å². The van der Waals surface area contributed by atoms with E-state index in [2.05, 4.69) is 24.7 Å². The average Bonchev–Trinajstić information content (AvgIpc) is 2.47. The maximum Gasteiger partial charge on any atom is 0.0108 e. The molecule has 1 unspecified atom stereocenters. The number of fused-ring (bicyclic) bond motifs is 1. The van der Waals surface area contributed by atoms with E-state index in [-0.39, 0.29) is 12.4 Å². The van der Waals surface area contributed by atoms with Crippen molar-refractivity contribution in [2.24, 2.45) is 0 Å². The van der Waals surface area contributed by atoms with Gasteiger partial charge in [-0.25, -0.2) is 0 Å². The van der Waals surface area contributed by atoms with E-state index in [1.165, 1.54) is 24.8 Å². The van der Waals surface area contributed by atoms with Crippen molar-refractivity contribution < 1.29 is 0 Å². The van der Waals surface area contributed by atoms with Gasteiger partial charge in [0, 0.05) is 10.9 Å². The number of hydrogen-bond donors (Lipinski definition) is 1. The van der Waals surface area contributed by atoms with Crippen LogP contribution in [0.1, 0.15) is 22.4 Å². The minimum atomic E-state index is 0. The van der Waals surface area contributed by atoms with Crippen LogP contribution in [-0.2, 0) is 12.8 Å². The number of rotatable bonds is 1. The number of hydrogen-bond acceptors (Lipinski definition) is 2. The molecule has 0 radical (unpaired) electrons. The van der Waals surface area contributed by atoms with Gasteiger partial charge in [-0.1, -0.05) is 0 Å². The van der Waals surface area contributed by atoms with Gasteiger partial charge in [-0.05, 0) is 49.7 Å². The number of likely N-dealkylation sites (N-methyl/N-ethyl adjacent to an activating group) is 1. The highest BCUT2D eigenvalue weighted by Gasteiger charge is 2.19. The van der Waals surface area contributed by atoms with Crippen molar-refractivity contribution in [1.29, 1.82) is 0 Å². The van der Waals surface area contributed by atoms with Crippen LogP contribution < -0.4 is 5.32 Å². The van der Waals surface area contributed by atoms with Gasteiger partial charge < -0.3 is 5.32 Å². The lowest BCUT2D eigenvalue weighted by Crippen LogP contribution is -2.31. The molecule has 0 bridgehead atoms. The maximum atomic E-state index is 3.37. The Labute approximate surface area is 90.0 Å². The lowest BCUT2D eigenvalue weighted by Gasteiger charge is -2.22. The third-order valence-corrected chi connectivity index (χ3v) is 3.98. The van der Waals surface area contributed by atoms with Crippen molar-refractivity contribution >= 4 is 23.7 Å². The molecule has 0 fully saturated rings. The summed E-state index contributed by atoms with van der Waals surface area (Å²) >= 11 is 1.94. The van der Waals surface area contributed by atoms with Crippen molar-refractivity contribution in [3.63, 3.8) is 0 Å². The molecule has 1 aromatic rings. The Morgan fingerprint density at radius 2 is 2.31 bits per heavy atom. The molecule has 1 aromatic heterocycles. The molecule has 0 saturated heterocycles. The molecule has 0 amide bonds. The second kappa shape index (κ2) is 4.45. The predicted molar refractivity (Wildman–Crippen MR) is 61.2 cm³/mol. The van der Waals surface area contributed by atoms with Crippen LogP contribution in [0, 0.1) is 6.92 Å². The highest BCUT2D eigenvalue weighted by Crippen LogP contribution is 2.29. The normalized spacial score (nSPS) is 20.6. The summed E-state index contributed by atoms with van der Waals surface area (Å²) in [7, 11) is 2.07. The molecule has 74 valence electrons. The second-order valence-electron chi connectivity index (χ2n) is 3.55. The van der Waals surface area contributed by atoms with Gasteiger partial charge >= 0.3 is 0 Å². The van der Waals surface area contributed by atoms with Gasteiger partial charge in [0.1, 0.15) is 0 Å². The van der Waals surface area contributed by atoms with Gasteiger partial charge in [-0.2, -0.15) is 0 Å². The molecule has 0 aliphatic heterocycles. The highest BCUT2D eigenvalue weighted by atomic mass is 35.5. The van der Waals surface area contributed by atoms with Gasteiger partial charge in [0.25, 0.3) is 0 Å². The summed E-state index contributed by atoms with van der Waals surface area (Å²) in [6.07, 6.45) is 3.82. The van der Waals surface area contributed by atoms with E-state index in [1.54, 1.807) is 10.4 Å². The molecule has 2 rings (SSSR count). The fourth-order valence-corrected chi connectivity index (χ4v) is 2.99. The standard InChI is InChI=1S/C10H15NS.ClH/c1-7-6-12-10-4-3-8(11-2)5-9(7)10;/h6,8,11H,3-5H2,1-2H3;1H. The fourth-order valence-electron chi connectivity index (χ4n) is 1.91. The number of aryl methyl sites for hydroxylation is 2. The minimum absolute atomic E-state index is 0. The molecule has 1 atom stereocenters. The monoisotopic (exact) mass is 217 g/mol. The van der Waals surface area contributed by atoms with Crippen LogP contribution in [0.5, 0.6) is 0 Å². The van der Waals surface area contributed by atoms with E-state index < -0.39 is 0 Å². The Morgan fingerprint density at radius 1 is 1.54 bits per heavy atom. The summed E-state index contributed by atoms with van der Waals surface area (Å²) in [6, 6.07) is 0.714. The van der Waals surface area contributed by atoms with Crippen molar-refractivity contribution in [1.82, 2.24) is 5.32 Å². The van der Waals surface area contributed by atoms with Gasteiger partial charge in [0.05, 0.1) is 0 Å². The Hall–Kier alpha value is -0.0500. The van der Waals surface area contributed by atoms with Crippen LogP contribution in [0.2, 0.25) is 0 Å². The molecule has 1 N–H and O–H groups in total. The average molecular weight is 218 g/mol. The quantitative estimate of drug-likeness (QED) is 0.763. The summed E-state index contributed by atoms with van der Waals surface area (Å²) in [5.41, 5.74) is 3.11. The van der Waals surface area contributed by atoms with Crippen molar-refractivity contribution in [2.45, 2.75) is 32.2 Å². The Bertz CT molecular complexity index is 282. The first-order valence-corrected chi connectivity index (χ1v) is 5.42. The molecule has 1 aliphatic carbocycles. The van der Waals surface area contributed by atoms with Crippen molar-refractivity contribution in [3.05, 3.63) is 21.4 Å². The molecular formula is C10H16ClNS. The van der Waals surface area contributed by atoms with E-state index in [1.807, 2.05) is 11.3 Å². The van der Waals surface area contributed by atoms with E-state index in [4.69, 9.17) is 0 Å². The van der Waals surface area contributed by atoms with E-state index in [0.717, 1.165) is 0 Å². The zero-order chi connectivity index (χ0) is 8.55. The van der Waals surface area contributed by atoms with Gasteiger partial charge in [-0.3, -0.25) is 0 Å². The predicted octanol–water partition coefficient (Wildman–Crippen LogP) is 2.56. The third-order valence-electron chi connectivity index (χ3n) is 2.77. The zero-order valence-corrected chi connectivity index (χ0v) is 9.73. The first-order chi connectivity index (χ1) is 5.81. The smallest absolute Gasteiger partial charge is 0.0108 e. The maximum absolute atomic E-state index is 3.37. The van der Waals surface area contributed by atoms with Gasteiger partial charge in [0.2, 0.25) is 0 Å². The second-order valence-corrected chi connectivity index (χ2v) is 4.51. The molecule has 1 heterocycles. The Balaban J connectivity index is 0.000000845. The van der Waals surface area contributed by atoms with Crippen molar-refractivity contribution in [2.75, 3.05) is 7.05 Å². The SMILES string of the molecule is CNC1CCc2scc(C)c2C1.Cl. The molecule has 0 saturated carbocycles. The number of halogens is 1. The van der Waals surface area contributed by atoms with Crippen LogP contribution in [0.15, 0.2) is 5.38 Å². The van der Waals surface area contributed by atoms with E-state index in [9.17, 15) is 0 Å². The summed E-state index contributed by atoms with van der Waals surface area (Å²) in [4.78, 5) is 1.62. The van der Waals surface area contributed by atoms with E-state index in [0.29, 0.717) is 6.04 Å². The number of thiophene rings is 1. The minimum Gasteiger partial charge on any atom is -0.317 e. The Morgan fingerprint density at radius 3 is 3.00 bits per heavy atom. The lowest BCUT2D eigenvalue weighted by molar-refractivity contribution is 0.499. The molecule has 3 heteroatoms. The van der Waals surface area contributed by atoms with Crippen LogP contribution >= 0.6 is 23.7 Å². The first kappa shape index (κ1) is 11.0. The topological polar surface area (TPSA) is 12.0 Å². The molecule has 0 spiro atoms. The summed E-state index contributed by atoms with van der Waals surface area (Å²) in [5, 5.41) is 5.66. The van der Waals surface area contributed by atoms with Crippen LogP contribution in [0.4, 0.5) is 0 Å². The van der Waals surface area contributed by atoms with Crippen LogP contribution in [0.25, 0.3) is 0 Å². The highest BCUT2D eigenvalue weighted by molar-refractivity contribution is 7.10. The molecule has 1 aliphatic rings. The van der Waals surface area contributed by atoms with Gasteiger partial charge in [-0.15, -0.1) is 23.7 Å². The molecule has 0 aromatic carbocycles. The summed E-state index contributed by atoms with van der Waals surface area (Å²) < 4.78 is 0. The summed E-state index contributed by atoms with van der Waals surface area (Å²) in [6.45, 7) is 2.23. The number of nitrogens with one attached hydrogen (secondary N) is 1. The van der Waals surface area contributed by atoms with Crippen LogP contribution in [0.3, 0.4) is 0 Å². The fraction of sp³-hybridized carbons (Fsp3) is 0.600. The zero-order valence-electron chi connectivity index (χ0n) is 8.09. The Kier molecular flexibility index (Phi) is 3.77.